The maximum absolute atomic E-state index is 14.5. The second kappa shape index (κ2) is 12.2. The summed E-state index contributed by atoms with van der Waals surface area (Å²) in [6.45, 7) is 2.16. The Morgan fingerprint density at radius 3 is 2.25 bits per heavy atom. The molecule has 3 aromatic rings. The summed E-state index contributed by atoms with van der Waals surface area (Å²) < 4.78 is 17.9. The molecular weight excluding hydrogens is 558 g/mol. The van der Waals surface area contributed by atoms with E-state index in [0.717, 1.165) is 16.9 Å². The van der Waals surface area contributed by atoms with E-state index in [2.05, 4.69) is 22.8 Å². The Labute approximate surface area is 257 Å². The van der Waals surface area contributed by atoms with Crippen LogP contribution in [0.4, 0.5) is 0 Å². The summed E-state index contributed by atoms with van der Waals surface area (Å²) in [5.41, 5.74) is 2.88. The van der Waals surface area contributed by atoms with Crippen molar-refractivity contribution >= 4 is 17.7 Å². The summed E-state index contributed by atoms with van der Waals surface area (Å²) >= 11 is 0. The number of ether oxygens (including phenoxy) is 3. The smallest absolute Gasteiger partial charge is 0.250 e. The van der Waals surface area contributed by atoms with Crippen LogP contribution in [0.5, 0.6) is 11.5 Å². The zero-order valence-electron chi connectivity index (χ0n) is 25.1. The number of methoxy groups -OCH3 is 2. The van der Waals surface area contributed by atoms with Crippen LogP contribution in [0, 0.1) is 0 Å². The third-order valence-corrected chi connectivity index (χ3v) is 8.96. The highest BCUT2D eigenvalue weighted by Crippen LogP contribution is 2.56. The molecule has 0 saturated carbocycles. The first-order valence-corrected chi connectivity index (χ1v) is 14.9. The van der Waals surface area contributed by atoms with Crippen molar-refractivity contribution in [3.63, 3.8) is 0 Å². The van der Waals surface area contributed by atoms with Crippen LogP contribution in [-0.2, 0) is 31.1 Å². The third-order valence-electron chi connectivity index (χ3n) is 8.96. The van der Waals surface area contributed by atoms with Gasteiger partial charge >= 0.3 is 0 Å². The average Bonchev–Trinajstić information content (AvgIpc) is 3.29. The summed E-state index contributed by atoms with van der Waals surface area (Å²) in [7, 11) is 3.33. The summed E-state index contributed by atoms with van der Waals surface area (Å²) in [4.78, 5) is 42.2. The van der Waals surface area contributed by atoms with Crippen molar-refractivity contribution in [3.8, 4) is 11.5 Å². The zero-order valence-corrected chi connectivity index (χ0v) is 25.1. The van der Waals surface area contributed by atoms with Gasteiger partial charge in [-0.15, -0.1) is 0 Å². The number of rotatable bonds is 8. The van der Waals surface area contributed by atoms with Crippen LogP contribution in [0.3, 0.4) is 0 Å². The predicted molar refractivity (Wildman–Crippen MR) is 164 cm³/mol. The number of nitrogens with one attached hydrogen (secondary N) is 2. The number of hydrogen-bond acceptors (Lipinski definition) is 6. The van der Waals surface area contributed by atoms with E-state index in [1.807, 2.05) is 53.4 Å². The minimum atomic E-state index is -0.964. The summed E-state index contributed by atoms with van der Waals surface area (Å²) in [6.07, 6.45) is 5.38. The van der Waals surface area contributed by atoms with E-state index >= 15 is 0 Å². The molecule has 6 rings (SSSR count). The fraction of sp³-hybridized carbons (Fsp3) is 0.343. The average molecular weight is 596 g/mol. The molecule has 4 unspecified atom stereocenters. The topological polar surface area (TPSA) is 106 Å². The van der Waals surface area contributed by atoms with Crippen molar-refractivity contribution in [1.82, 2.24) is 15.5 Å². The normalized spacial score (nSPS) is 22.8. The zero-order chi connectivity index (χ0) is 30.8. The molecule has 0 radical (unpaired) electrons. The van der Waals surface area contributed by atoms with Gasteiger partial charge in [-0.3, -0.25) is 14.4 Å². The van der Waals surface area contributed by atoms with E-state index in [1.54, 1.807) is 38.5 Å². The highest BCUT2D eigenvalue weighted by atomic mass is 16.5. The number of carbonyl (C=O) groups is 3. The van der Waals surface area contributed by atoms with E-state index < -0.39 is 23.4 Å². The van der Waals surface area contributed by atoms with Crippen molar-refractivity contribution in [3.05, 3.63) is 107 Å². The molecule has 0 aromatic heterocycles. The lowest BCUT2D eigenvalue weighted by molar-refractivity contribution is -0.138. The molecule has 0 fully saturated rings. The number of amides is 3. The molecule has 9 nitrogen and oxygen atoms in total. The number of hydrogen-bond donors (Lipinski definition) is 2. The summed E-state index contributed by atoms with van der Waals surface area (Å²) in [5.74, 6) is 0.341. The lowest BCUT2D eigenvalue weighted by Gasteiger charge is -2.37. The lowest BCUT2D eigenvalue weighted by atomic mass is 9.69. The Hall–Kier alpha value is -4.63. The summed E-state index contributed by atoms with van der Waals surface area (Å²) in [6, 6.07) is 20.2. The molecule has 3 aliphatic rings. The molecule has 3 aromatic carbocycles. The first-order chi connectivity index (χ1) is 21.3. The Kier molecular flexibility index (Phi) is 8.14. The minimum absolute atomic E-state index is 0.0609. The van der Waals surface area contributed by atoms with Crippen LogP contribution in [0.2, 0.25) is 0 Å². The molecule has 5 atom stereocenters. The molecule has 44 heavy (non-hydrogen) atoms. The predicted octanol–water partition coefficient (Wildman–Crippen LogP) is 4.14. The van der Waals surface area contributed by atoms with E-state index in [0.29, 0.717) is 42.8 Å². The largest absolute Gasteiger partial charge is 0.493 e. The van der Waals surface area contributed by atoms with Gasteiger partial charge in [0, 0.05) is 39.1 Å². The quantitative estimate of drug-likeness (QED) is 0.380. The molecule has 1 spiro atoms. The van der Waals surface area contributed by atoms with E-state index in [9.17, 15) is 14.4 Å². The molecule has 228 valence electrons. The van der Waals surface area contributed by atoms with Crippen LogP contribution in [0.1, 0.15) is 54.1 Å². The van der Waals surface area contributed by atoms with Crippen molar-refractivity contribution < 1.29 is 28.6 Å². The van der Waals surface area contributed by atoms with Crippen molar-refractivity contribution in [2.45, 2.75) is 56.0 Å². The number of nitrogens with zero attached hydrogens (tertiary/aromatic N) is 1. The Morgan fingerprint density at radius 1 is 0.932 bits per heavy atom. The molecule has 2 heterocycles. The SMILES string of the molecule is COc1ccc2c3c1OC1C[C@@H](OC)C=CC31CCN(C(=O)C(NC(=O)C(NC(C)=O)c1ccccc1)c1ccccc1)C2. The Balaban J connectivity index is 1.34. The minimum Gasteiger partial charge on any atom is -0.493 e. The molecular formula is C35H37N3O6. The second-order valence-electron chi connectivity index (χ2n) is 11.6. The lowest BCUT2D eigenvalue weighted by Crippen LogP contribution is -2.47. The fourth-order valence-electron chi connectivity index (χ4n) is 6.78. The van der Waals surface area contributed by atoms with E-state index in [4.69, 9.17) is 14.2 Å². The molecule has 0 saturated heterocycles. The highest BCUT2D eigenvalue weighted by Gasteiger charge is 2.53. The molecule has 2 aliphatic heterocycles. The second-order valence-corrected chi connectivity index (χ2v) is 11.6. The monoisotopic (exact) mass is 595 g/mol. The van der Waals surface area contributed by atoms with Gasteiger partial charge in [-0.2, -0.15) is 0 Å². The van der Waals surface area contributed by atoms with Gasteiger partial charge in [0.2, 0.25) is 17.7 Å². The van der Waals surface area contributed by atoms with Gasteiger partial charge in [0.15, 0.2) is 11.5 Å². The third kappa shape index (κ3) is 5.32. The molecule has 1 aliphatic carbocycles. The standard InChI is InChI=1S/C35H37N3O6/c1-22(39)36-30(23-10-6-4-7-11-23)33(40)37-31(24-12-8-5-9-13-24)34(41)38-19-18-35-17-16-26(42-2)20-28(35)44-32-27(43-3)15-14-25(21-38)29(32)35/h4-17,26,28,30-31H,18-21H2,1-3H3,(H,36,39)(H,37,40)/t26-,28?,30?,31?,35?/m0/s1. The van der Waals surface area contributed by atoms with Gasteiger partial charge in [-0.1, -0.05) is 78.9 Å². The van der Waals surface area contributed by atoms with Gasteiger partial charge in [0.25, 0.3) is 0 Å². The first-order valence-electron chi connectivity index (χ1n) is 14.9. The maximum atomic E-state index is 14.5. The van der Waals surface area contributed by atoms with Gasteiger partial charge in [-0.25, -0.2) is 0 Å². The van der Waals surface area contributed by atoms with E-state index in [-0.39, 0.29) is 24.0 Å². The van der Waals surface area contributed by atoms with Crippen LogP contribution in [-0.4, -0.2) is 55.6 Å². The van der Waals surface area contributed by atoms with Crippen molar-refractivity contribution in [2.24, 2.45) is 0 Å². The van der Waals surface area contributed by atoms with Crippen LogP contribution >= 0.6 is 0 Å². The fourth-order valence-corrected chi connectivity index (χ4v) is 6.78. The number of benzene rings is 3. The molecule has 0 bridgehead atoms. The van der Waals surface area contributed by atoms with Crippen LogP contribution < -0.4 is 20.1 Å². The van der Waals surface area contributed by atoms with Gasteiger partial charge in [-0.05, 0) is 29.2 Å². The summed E-state index contributed by atoms with van der Waals surface area (Å²) in [5, 5.41) is 5.73. The molecule has 3 amide bonds. The maximum Gasteiger partial charge on any atom is 0.250 e. The van der Waals surface area contributed by atoms with Crippen molar-refractivity contribution in [2.75, 3.05) is 20.8 Å². The van der Waals surface area contributed by atoms with Gasteiger partial charge in [0.1, 0.15) is 18.2 Å². The Bertz CT molecular complexity index is 1580. The highest BCUT2D eigenvalue weighted by molar-refractivity contribution is 5.93. The van der Waals surface area contributed by atoms with Gasteiger partial charge < -0.3 is 29.7 Å². The Morgan fingerprint density at radius 2 is 1.61 bits per heavy atom. The molecule has 9 heteroatoms. The number of carbonyl (C=O) groups excluding carboxylic acids is 3. The molecule has 2 N–H and O–H groups in total. The first kappa shape index (κ1) is 29.4. The van der Waals surface area contributed by atoms with Gasteiger partial charge in [0.05, 0.1) is 18.6 Å². The van der Waals surface area contributed by atoms with Crippen LogP contribution in [0.25, 0.3) is 0 Å². The van der Waals surface area contributed by atoms with Crippen molar-refractivity contribution in [1.29, 1.82) is 0 Å². The van der Waals surface area contributed by atoms with E-state index in [1.165, 1.54) is 6.92 Å². The van der Waals surface area contributed by atoms with Crippen LogP contribution in [0.15, 0.2) is 84.9 Å².